The molecule has 18 heavy (non-hydrogen) atoms. The van der Waals surface area contributed by atoms with Gasteiger partial charge in [0.05, 0.1) is 5.60 Å². The van der Waals surface area contributed by atoms with E-state index in [1.54, 1.807) is 0 Å². The lowest BCUT2D eigenvalue weighted by Crippen LogP contribution is -2.43. The average molecular weight is 247 g/mol. The fourth-order valence-electron chi connectivity index (χ4n) is 3.07. The molecule has 1 aliphatic heterocycles. The van der Waals surface area contributed by atoms with Gasteiger partial charge in [-0.25, -0.2) is 0 Å². The molecule has 1 saturated heterocycles. The van der Waals surface area contributed by atoms with E-state index in [0.717, 1.165) is 38.0 Å². The Labute approximate surface area is 111 Å². The van der Waals surface area contributed by atoms with Gasteiger partial charge in [0.2, 0.25) is 0 Å². The summed E-state index contributed by atoms with van der Waals surface area (Å²) >= 11 is 0. The Morgan fingerprint density at radius 1 is 1.22 bits per heavy atom. The van der Waals surface area contributed by atoms with Crippen LogP contribution in [-0.4, -0.2) is 29.6 Å². The number of hydrogen-bond acceptors (Lipinski definition) is 2. The summed E-state index contributed by atoms with van der Waals surface area (Å²) in [7, 11) is 0. The van der Waals surface area contributed by atoms with E-state index in [-0.39, 0.29) is 0 Å². The number of rotatable bonds is 3. The SMILES string of the molecule is CCCN1CCC(O)(c2ccc(C)cc2C)CC1. The topological polar surface area (TPSA) is 23.5 Å². The smallest absolute Gasteiger partial charge is 0.0923 e. The molecule has 0 bridgehead atoms. The number of nitrogens with zero attached hydrogens (tertiary/aromatic N) is 1. The maximum absolute atomic E-state index is 10.9. The summed E-state index contributed by atoms with van der Waals surface area (Å²) in [4.78, 5) is 2.46. The summed E-state index contributed by atoms with van der Waals surface area (Å²) in [6.45, 7) is 9.60. The molecule has 2 heteroatoms. The molecule has 1 heterocycles. The highest BCUT2D eigenvalue weighted by Gasteiger charge is 2.34. The molecular formula is C16H25NO. The summed E-state index contributed by atoms with van der Waals surface area (Å²) < 4.78 is 0. The Bertz CT molecular complexity index is 406. The predicted octanol–water partition coefficient (Wildman–Crippen LogP) is 3.00. The first-order chi connectivity index (χ1) is 8.55. The van der Waals surface area contributed by atoms with Crippen molar-refractivity contribution in [2.45, 2.75) is 45.6 Å². The number of likely N-dealkylation sites (tertiary alicyclic amines) is 1. The third kappa shape index (κ3) is 2.76. The zero-order valence-electron chi connectivity index (χ0n) is 11.9. The molecule has 1 aromatic rings. The van der Waals surface area contributed by atoms with E-state index in [2.05, 4.69) is 43.9 Å². The standard InChI is InChI=1S/C16H25NO/c1-4-9-17-10-7-16(18,8-11-17)15-6-5-13(2)12-14(15)3/h5-6,12,18H,4,7-11H2,1-3H3. The van der Waals surface area contributed by atoms with Crippen molar-refractivity contribution in [3.63, 3.8) is 0 Å². The van der Waals surface area contributed by atoms with Gasteiger partial charge < -0.3 is 10.0 Å². The molecule has 1 fully saturated rings. The van der Waals surface area contributed by atoms with Crippen LogP contribution < -0.4 is 0 Å². The van der Waals surface area contributed by atoms with Crippen LogP contribution in [0.5, 0.6) is 0 Å². The first-order valence-electron chi connectivity index (χ1n) is 7.07. The van der Waals surface area contributed by atoms with Gasteiger partial charge in [-0.3, -0.25) is 0 Å². The highest BCUT2D eigenvalue weighted by atomic mass is 16.3. The Balaban J connectivity index is 2.13. The number of aliphatic hydroxyl groups is 1. The van der Waals surface area contributed by atoms with Crippen LogP contribution in [-0.2, 0) is 5.60 Å². The Morgan fingerprint density at radius 3 is 2.44 bits per heavy atom. The van der Waals surface area contributed by atoms with Crippen LogP contribution in [0.3, 0.4) is 0 Å². The third-order valence-corrected chi connectivity index (χ3v) is 4.11. The zero-order chi connectivity index (χ0) is 13.2. The minimum absolute atomic E-state index is 0.609. The maximum Gasteiger partial charge on any atom is 0.0923 e. The largest absolute Gasteiger partial charge is 0.385 e. The number of hydrogen-bond donors (Lipinski definition) is 1. The molecule has 0 atom stereocenters. The number of benzene rings is 1. The summed E-state index contributed by atoms with van der Waals surface area (Å²) in [5, 5.41) is 10.9. The molecule has 100 valence electrons. The van der Waals surface area contributed by atoms with Gasteiger partial charge in [0.25, 0.3) is 0 Å². The molecule has 0 amide bonds. The summed E-state index contributed by atoms with van der Waals surface area (Å²) in [6.07, 6.45) is 2.91. The molecule has 1 aliphatic rings. The van der Waals surface area contributed by atoms with Gasteiger partial charge in [-0.15, -0.1) is 0 Å². The minimum Gasteiger partial charge on any atom is -0.385 e. The van der Waals surface area contributed by atoms with Crippen molar-refractivity contribution in [1.29, 1.82) is 0 Å². The maximum atomic E-state index is 10.9. The highest BCUT2D eigenvalue weighted by molar-refractivity contribution is 5.35. The molecule has 1 aromatic carbocycles. The number of aryl methyl sites for hydroxylation is 2. The monoisotopic (exact) mass is 247 g/mol. The van der Waals surface area contributed by atoms with Gasteiger partial charge >= 0.3 is 0 Å². The van der Waals surface area contributed by atoms with Gasteiger partial charge in [0, 0.05) is 13.1 Å². The molecule has 2 rings (SSSR count). The summed E-state index contributed by atoms with van der Waals surface area (Å²) in [5.74, 6) is 0. The van der Waals surface area contributed by atoms with E-state index in [1.165, 1.54) is 17.5 Å². The van der Waals surface area contributed by atoms with Gasteiger partial charge in [-0.05, 0) is 50.8 Å². The van der Waals surface area contributed by atoms with E-state index in [0.29, 0.717) is 0 Å². The Kier molecular flexibility index (Phi) is 4.08. The molecular weight excluding hydrogens is 222 g/mol. The zero-order valence-corrected chi connectivity index (χ0v) is 11.9. The molecule has 0 unspecified atom stereocenters. The fraction of sp³-hybridized carbons (Fsp3) is 0.625. The van der Waals surface area contributed by atoms with E-state index in [9.17, 15) is 5.11 Å². The second-order valence-corrected chi connectivity index (χ2v) is 5.69. The Morgan fingerprint density at radius 2 is 1.89 bits per heavy atom. The molecule has 0 spiro atoms. The van der Waals surface area contributed by atoms with Crippen LogP contribution in [0.4, 0.5) is 0 Å². The molecule has 0 aromatic heterocycles. The Hall–Kier alpha value is -0.860. The first-order valence-corrected chi connectivity index (χ1v) is 7.07. The second kappa shape index (κ2) is 5.41. The molecule has 0 aliphatic carbocycles. The van der Waals surface area contributed by atoms with Crippen molar-refractivity contribution >= 4 is 0 Å². The normalized spacial score (nSPS) is 20.0. The van der Waals surface area contributed by atoms with Crippen LogP contribution >= 0.6 is 0 Å². The average Bonchev–Trinajstić information content (AvgIpc) is 2.32. The van der Waals surface area contributed by atoms with Crippen molar-refractivity contribution in [3.8, 4) is 0 Å². The molecule has 0 radical (unpaired) electrons. The van der Waals surface area contributed by atoms with Crippen molar-refractivity contribution in [2.75, 3.05) is 19.6 Å². The lowest BCUT2D eigenvalue weighted by atomic mass is 9.82. The van der Waals surface area contributed by atoms with Gasteiger partial charge in [0.15, 0.2) is 0 Å². The molecule has 0 saturated carbocycles. The summed E-state index contributed by atoms with van der Waals surface area (Å²) in [6, 6.07) is 6.39. The van der Waals surface area contributed by atoms with E-state index >= 15 is 0 Å². The van der Waals surface area contributed by atoms with Crippen molar-refractivity contribution in [1.82, 2.24) is 4.90 Å². The van der Waals surface area contributed by atoms with Crippen LogP contribution in [0.1, 0.15) is 42.9 Å². The van der Waals surface area contributed by atoms with E-state index in [1.807, 2.05) is 0 Å². The highest BCUT2D eigenvalue weighted by Crippen LogP contribution is 2.34. The van der Waals surface area contributed by atoms with Crippen molar-refractivity contribution in [2.24, 2.45) is 0 Å². The minimum atomic E-state index is -0.609. The van der Waals surface area contributed by atoms with Crippen LogP contribution in [0.2, 0.25) is 0 Å². The predicted molar refractivity (Wildman–Crippen MR) is 75.8 cm³/mol. The quantitative estimate of drug-likeness (QED) is 0.887. The summed E-state index contributed by atoms with van der Waals surface area (Å²) in [5.41, 5.74) is 3.01. The first kappa shape index (κ1) is 13.6. The van der Waals surface area contributed by atoms with Crippen LogP contribution in [0.25, 0.3) is 0 Å². The van der Waals surface area contributed by atoms with Gasteiger partial charge in [0.1, 0.15) is 0 Å². The lowest BCUT2D eigenvalue weighted by molar-refractivity contribution is -0.0262. The third-order valence-electron chi connectivity index (χ3n) is 4.11. The van der Waals surface area contributed by atoms with Gasteiger partial charge in [-0.2, -0.15) is 0 Å². The van der Waals surface area contributed by atoms with Crippen molar-refractivity contribution in [3.05, 3.63) is 34.9 Å². The second-order valence-electron chi connectivity index (χ2n) is 5.69. The lowest BCUT2D eigenvalue weighted by Gasteiger charge is -2.39. The number of piperidine rings is 1. The van der Waals surface area contributed by atoms with Crippen molar-refractivity contribution < 1.29 is 5.11 Å². The van der Waals surface area contributed by atoms with E-state index < -0.39 is 5.60 Å². The molecule has 2 nitrogen and oxygen atoms in total. The van der Waals surface area contributed by atoms with E-state index in [4.69, 9.17) is 0 Å². The fourth-order valence-corrected chi connectivity index (χ4v) is 3.07. The van der Waals surface area contributed by atoms with Crippen LogP contribution in [0, 0.1) is 13.8 Å². The molecule has 1 N–H and O–H groups in total. The van der Waals surface area contributed by atoms with Gasteiger partial charge in [-0.1, -0.05) is 30.7 Å². The van der Waals surface area contributed by atoms with Crippen LogP contribution in [0.15, 0.2) is 18.2 Å².